The van der Waals surface area contributed by atoms with Crippen molar-refractivity contribution in [2.24, 2.45) is 5.84 Å². The predicted molar refractivity (Wildman–Crippen MR) is 88.2 cm³/mol. The number of aryl methyl sites for hydroxylation is 2. The van der Waals surface area contributed by atoms with E-state index in [1.807, 2.05) is 18.5 Å². The van der Waals surface area contributed by atoms with Crippen molar-refractivity contribution in [3.63, 3.8) is 0 Å². The van der Waals surface area contributed by atoms with Crippen molar-refractivity contribution in [3.8, 4) is 0 Å². The number of rotatable bonds is 5. The summed E-state index contributed by atoms with van der Waals surface area (Å²) in [6.07, 6.45) is 0.541. The van der Waals surface area contributed by atoms with E-state index in [1.165, 1.54) is 6.07 Å². The van der Waals surface area contributed by atoms with Gasteiger partial charge in [0.25, 0.3) is 0 Å². The van der Waals surface area contributed by atoms with E-state index < -0.39 is 0 Å². The molecule has 1 aromatic heterocycles. The van der Waals surface area contributed by atoms with Gasteiger partial charge >= 0.3 is 0 Å². The normalized spacial score (nSPS) is 12.7. The summed E-state index contributed by atoms with van der Waals surface area (Å²) >= 11 is 6.91. The van der Waals surface area contributed by atoms with Crippen LogP contribution in [0.5, 0.6) is 0 Å². The highest BCUT2D eigenvalue weighted by Crippen LogP contribution is 2.28. The second-order valence-electron chi connectivity index (χ2n) is 4.75. The Morgan fingerprint density at radius 1 is 1.43 bits per heavy atom. The predicted octanol–water partition coefficient (Wildman–Crippen LogP) is 3.62. The largest absolute Gasteiger partial charge is 0.271 e. The molecule has 0 aliphatic carbocycles. The van der Waals surface area contributed by atoms with E-state index in [-0.39, 0.29) is 11.9 Å². The molecule has 21 heavy (non-hydrogen) atoms. The Morgan fingerprint density at radius 3 is 2.76 bits per heavy atom. The Morgan fingerprint density at radius 2 is 2.14 bits per heavy atom. The molecule has 4 nitrogen and oxygen atoms in total. The van der Waals surface area contributed by atoms with Crippen LogP contribution in [0.1, 0.15) is 29.9 Å². The lowest BCUT2D eigenvalue weighted by Gasteiger charge is -2.18. The van der Waals surface area contributed by atoms with Gasteiger partial charge in [0.15, 0.2) is 0 Å². The molecule has 0 radical (unpaired) electrons. The van der Waals surface area contributed by atoms with Crippen molar-refractivity contribution < 1.29 is 4.39 Å². The van der Waals surface area contributed by atoms with E-state index in [0.717, 1.165) is 26.9 Å². The van der Waals surface area contributed by atoms with Gasteiger partial charge in [0.2, 0.25) is 0 Å². The van der Waals surface area contributed by atoms with E-state index in [0.29, 0.717) is 12.0 Å². The molecule has 2 rings (SSSR count). The summed E-state index contributed by atoms with van der Waals surface area (Å²) in [6, 6.07) is 4.51. The number of hydrogen-bond donors (Lipinski definition) is 2. The van der Waals surface area contributed by atoms with Crippen LogP contribution in [0.3, 0.4) is 0 Å². The standard InChI is InChI=1S/C14H17Br2FN4/c1-3-21-13(14(16)8(2)20-21)7-12(19-18)10-6-9(15)4-5-11(10)17/h4-6,12,19H,3,7,18H2,1-2H3. The summed E-state index contributed by atoms with van der Waals surface area (Å²) in [5.41, 5.74) is 5.14. The maximum atomic E-state index is 14.0. The minimum absolute atomic E-state index is 0.281. The van der Waals surface area contributed by atoms with Gasteiger partial charge in [-0.1, -0.05) is 15.9 Å². The van der Waals surface area contributed by atoms with Crippen molar-refractivity contribution in [1.82, 2.24) is 15.2 Å². The van der Waals surface area contributed by atoms with Gasteiger partial charge in [-0.25, -0.2) is 4.39 Å². The lowest BCUT2D eigenvalue weighted by Crippen LogP contribution is -2.31. The molecule has 0 bridgehead atoms. The molecule has 0 amide bonds. The zero-order valence-corrected chi connectivity index (χ0v) is 15.0. The third-order valence-electron chi connectivity index (χ3n) is 3.38. The van der Waals surface area contributed by atoms with Crippen LogP contribution in [0.2, 0.25) is 0 Å². The van der Waals surface area contributed by atoms with E-state index in [2.05, 4.69) is 42.4 Å². The number of aromatic nitrogens is 2. The Hall–Kier alpha value is -0.760. The molecule has 0 aliphatic rings. The summed E-state index contributed by atoms with van der Waals surface area (Å²) in [7, 11) is 0. The minimum Gasteiger partial charge on any atom is -0.271 e. The van der Waals surface area contributed by atoms with Crippen LogP contribution in [-0.2, 0) is 13.0 Å². The molecular formula is C14H17Br2FN4. The lowest BCUT2D eigenvalue weighted by atomic mass is 10.0. The molecule has 0 spiro atoms. The third kappa shape index (κ3) is 3.53. The fourth-order valence-electron chi connectivity index (χ4n) is 2.30. The highest BCUT2D eigenvalue weighted by molar-refractivity contribution is 9.10. The second-order valence-corrected chi connectivity index (χ2v) is 6.46. The van der Waals surface area contributed by atoms with Gasteiger partial charge in [-0.05, 0) is 48.0 Å². The smallest absolute Gasteiger partial charge is 0.128 e. The van der Waals surface area contributed by atoms with Crippen LogP contribution in [0.15, 0.2) is 27.1 Å². The minimum atomic E-state index is -0.333. The molecule has 1 unspecified atom stereocenters. The van der Waals surface area contributed by atoms with E-state index in [1.54, 1.807) is 12.1 Å². The number of hydrogen-bond acceptors (Lipinski definition) is 3. The van der Waals surface area contributed by atoms with Crippen molar-refractivity contribution >= 4 is 31.9 Å². The van der Waals surface area contributed by atoms with Crippen LogP contribution < -0.4 is 11.3 Å². The Labute approximate surface area is 140 Å². The number of nitrogens with zero attached hydrogens (tertiary/aromatic N) is 2. The molecule has 1 aromatic carbocycles. The molecule has 2 aromatic rings. The van der Waals surface area contributed by atoms with Crippen molar-refractivity contribution in [2.75, 3.05) is 0 Å². The summed E-state index contributed by atoms with van der Waals surface area (Å²) < 4.78 is 17.7. The highest BCUT2D eigenvalue weighted by Gasteiger charge is 2.20. The number of nitrogens with two attached hydrogens (primary N) is 1. The van der Waals surface area contributed by atoms with Crippen LogP contribution >= 0.6 is 31.9 Å². The average molecular weight is 420 g/mol. The summed E-state index contributed by atoms with van der Waals surface area (Å²) in [6.45, 7) is 4.71. The molecule has 0 saturated carbocycles. The SMILES string of the molecule is CCn1nc(C)c(Br)c1CC(NN)c1cc(Br)ccc1F. The van der Waals surface area contributed by atoms with Gasteiger partial charge in [0.05, 0.1) is 21.9 Å². The third-order valence-corrected chi connectivity index (χ3v) is 4.91. The van der Waals surface area contributed by atoms with Crippen LogP contribution in [0.25, 0.3) is 0 Å². The lowest BCUT2D eigenvalue weighted by molar-refractivity contribution is 0.489. The number of benzene rings is 1. The highest BCUT2D eigenvalue weighted by atomic mass is 79.9. The van der Waals surface area contributed by atoms with Crippen molar-refractivity contribution in [1.29, 1.82) is 0 Å². The maximum absolute atomic E-state index is 14.0. The maximum Gasteiger partial charge on any atom is 0.128 e. The van der Waals surface area contributed by atoms with Gasteiger partial charge in [-0.15, -0.1) is 0 Å². The molecule has 7 heteroatoms. The molecule has 114 valence electrons. The van der Waals surface area contributed by atoms with Gasteiger partial charge in [0, 0.05) is 23.0 Å². The van der Waals surface area contributed by atoms with Gasteiger partial charge in [-0.2, -0.15) is 5.10 Å². The zero-order chi connectivity index (χ0) is 15.6. The van der Waals surface area contributed by atoms with E-state index in [4.69, 9.17) is 5.84 Å². The molecule has 0 aliphatic heterocycles. The first-order chi connectivity index (χ1) is 9.97. The Bertz CT molecular complexity index is 642. The number of halogens is 3. The van der Waals surface area contributed by atoms with E-state index in [9.17, 15) is 4.39 Å². The molecule has 1 heterocycles. The van der Waals surface area contributed by atoms with Gasteiger partial charge in [-0.3, -0.25) is 16.0 Å². The first kappa shape index (κ1) is 16.6. The van der Waals surface area contributed by atoms with E-state index >= 15 is 0 Å². The first-order valence-corrected chi connectivity index (χ1v) is 8.19. The fourth-order valence-corrected chi connectivity index (χ4v) is 3.12. The fraction of sp³-hybridized carbons (Fsp3) is 0.357. The van der Waals surface area contributed by atoms with Gasteiger partial charge in [0.1, 0.15) is 5.82 Å². The van der Waals surface area contributed by atoms with Crippen LogP contribution in [-0.4, -0.2) is 9.78 Å². The first-order valence-electron chi connectivity index (χ1n) is 6.60. The Balaban J connectivity index is 2.38. The number of nitrogens with one attached hydrogen (secondary N) is 1. The summed E-state index contributed by atoms with van der Waals surface area (Å²) in [5, 5.41) is 4.45. The average Bonchev–Trinajstić information content (AvgIpc) is 2.74. The molecule has 0 saturated heterocycles. The second kappa shape index (κ2) is 7.00. The quantitative estimate of drug-likeness (QED) is 0.574. The monoisotopic (exact) mass is 418 g/mol. The van der Waals surface area contributed by atoms with Crippen molar-refractivity contribution in [2.45, 2.75) is 32.9 Å². The topological polar surface area (TPSA) is 55.9 Å². The summed E-state index contributed by atoms with van der Waals surface area (Å²) in [5.74, 6) is 5.36. The Kier molecular flexibility index (Phi) is 5.54. The van der Waals surface area contributed by atoms with Crippen molar-refractivity contribution in [3.05, 3.63) is 49.9 Å². The zero-order valence-electron chi connectivity index (χ0n) is 11.8. The van der Waals surface area contributed by atoms with Crippen LogP contribution in [0, 0.1) is 12.7 Å². The number of hydrazine groups is 1. The molecular weight excluding hydrogens is 403 g/mol. The van der Waals surface area contributed by atoms with Crippen LogP contribution in [0.4, 0.5) is 4.39 Å². The summed E-state index contributed by atoms with van der Waals surface area (Å²) in [4.78, 5) is 0. The van der Waals surface area contributed by atoms with Gasteiger partial charge < -0.3 is 0 Å². The molecule has 1 atom stereocenters. The molecule has 3 N–H and O–H groups in total. The molecule has 0 fully saturated rings.